The Morgan fingerprint density at radius 1 is 0.971 bits per heavy atom. The maximum atomic E-state index is 3.64. The average molecular weight is 501 g/mol. The molecule has 0 saturated carbocycles. The molecular formula is C28H49N6P. The van der Waals surface area contributed by atoms with Crippen molar-refractivity contribution in [2.24, 2.45) is 16.1 Å². The van der Waals surface area contributed by atoms with Crippen molar-refractivity contribution in [2.45, 2.75) is 57.9 Å². The van der Waals surface area contributed by atoms with Gasteiger partial charge in [0.05, 0.1) is 6.67 Å². The summed E-state index contributed by atoms with van der Waals surface area (Å²) in [4.78, 5) is 2.44. The van der Waals surface area contributed by atoms with Crippen LogP contribution in [0.5, 0.6) is 0 Å². The number of benzene rings is 1. The van der Waals surface area contributed by atoms with Crippen LogP contribution in [0.25, 0.3) is 0 Å². The maximum absolute atomic E-state index is 3.64. The van der Waals surface area contributed by atoms with E-state index in [1.807, 2.05) is 0 Å². The monoisotopic (exact) mass is 500 g/mol. The summed E-state index contributed by atoms with van der Waals surface area (Å²) in [5.74, 6) is 0.961. The minimum atomic E-state index is 0.843. The zero-order chi connectivity index (χ0) is 26.2. The van der Waals surface area contributed by atoms with Crippen LogP contribution in [-0.2, 0) is 25.7 Å². The van der Waals surface area contributed by atoms with E-state index >= 15 is 0 Å². The predicted octanol–water partition coefficient (Wildman–Crippen LogP) is 4.96. The molecule has 3 unspecified atom stereocenters. The average Bonchev–Trinajstić information content (AvgIpc) is 3.69. The summed E-state index contributed by atoms with van der Waals surface area (Å²) in [5, 5.41) is 13.0. The molecule has 7 heteroatoms. The summed E-state index contributed by atoms with van der Waals surface area (Å²) in [6, 6.07) is 3.33. The first kappa shape index (κ1) is 31.2. The van der Waals surface area contributed by atoms with Crippen molar-refractivity contribution in [3.05, 3.63) is 54.6 Å². The van der Waals surface area contributed by atoms with Gasteiger partial charge < -0.3 is 15.5 Å². The topological polar surface area (TPSA) is 55.3 Å². The van der Waals surface area contributed by atoms with E-state index in [1.54, 1.807) is 22.3 Å². The van der Waals surface area contributed by atoms with Gasteiger partial charge in [-0.2, -0.15) is 10.2 Å². The summed E-state index contributed by atoms with van der Waals surface area (Å²) in [6.45, 7) is 26.0. The van der Waals surface area contributed by atoms with Crippen molar-refractivity contribution in [2.75, 3.05) is 45.2 Å². The number of likely N-dealkylation sites (N-methyl/N-ethyl adjacent to an activating group) is 1. The number of rotatable bonds is 5. The molecule has 5 rings (SSSR count). The lowest BCUT2D eigenvalue weighted by Gasteiger charge is -2.17. The van der Waals surface area contributed by atoms with Crippen molar-refractivity contribution >= 4 is 28.5 Å². The second kappa shape index (κ2) is 17.6. The standard InChI is InChI=1S/C15H22N2.C7H15N2P.C2H4N2.2C2H4/c1-2-16-10-17-15-13-7-3-5-11(13)9-12-6-4-8-14(12)15;1-8-4-6-2-3-9(10)7(6)5-8;1-3-4-2;2*1-2/h9,16-17H,2-8,10H2,1H3;6-7H,2-5,10H2,1H3;1-2H2;2*1-2H2. The van der Waals surface area contributed by atoms with Crippen molar-refractivity contribution in [3.63, 3.8) is 0 Å². The molecule has 0 amide bonds. The third-order valence-electron chi connectivity index (χ3n) is 6.99. The predicted molar refractivity (Wildman–Crippen MR) is 160 cm³/mol. The van der Waals surface area contributed by atoms with Gasteiger partial charge in [0.2, 0.25) is 0 Å². The molecule has 196 valence electrons. The number of nitrogens with zero attached hydrogens (tertiary/aromatic N) is 4. The third-order valence-corrected chi connectivity index (χ3v) is 7.63. The SMILES string of the molecule is C=C.C=C.C=NN=C.CCNCNc1c2c(cc3c1CCC3)CCC2.CN1CC2CCN(P)C2C1. The Bertz CT molecular complexity index is 743. The summed E-state index contributed by atoms with van der Waals surface area (Å²) < 4.78 is 2.42. The van der Waals surface area contributed by atoms with E-state index in [9.17, 15) is 0 Å². The summed E-state index contributed by atoms with van der Waals surface area (Å²) in [5.41, 5.74) is 7.94. The number of hydrogen-bond donors (Lipinski definition) is 2. The minimum absolute atomic E-state index is 0.843. The molecule has 2 aliphatic heterocycles. The molecule has 2 heterocycles. The van der Waals surface area contributed by atoms with Crippen molar-refractivity contribution in [1.82, 2.24) is 14.9 Å². The minimum Gasteiger partial charge on any atom is -0.372 e. The van der Waals surface area contributed by atoms with Gasteiger partial charge in [0, 0.05) is 44.8 Å². The molecule has 4 aliphatic rings. The molecule has 1 aromatic carbocycles. The fraction of sp³-hybridized carbons (Fsp3) is 0.571. The molecular weight excluding hydrogens is 451 g/mol. The third kappa shape index (κ3) is 8.95. The van der Waals surface area contributed by atoms with Gasteiger partial charge in [0.25, 0.3) is 0 Å². The lowest BCUT2D eigenvalue weighted by molar-refractivity contribution is 0.354. The van der Waals surface area contributed by atoms with E-state index in [4.69, 9.17) is 0 Å². The maximum Gasteiger partial charge on any atom is 0.0653 e. The molecule has 0 radical (unpaired) electrons. The van der Waals surface area contributed by atoms with Crippen LogP contribution < -0.4 is 10.6 Å². The molecule has 2 aliphatic carbocycles. The van der Waals surface area contributed by atoms with Crippen molar-refractivity contribution in [3.8, 4) is 0 Å². The lowest BCUT2D eigenvalue weighted by atomic mass is 9.99. The number of anilines is 1. The van der Waals surface area contributed by atoms with E-state index in [2.05, 4.69) is 99.6 Å². The number of fused-ring (bicyclic) bond motifs is 3. The largest absolute Gasteiger partial charge is 0.372 e. The number of likely N-dealkylation sites (tertiary alicyclic amines) is 1. The zero-order valence-corrected chi connectivity index (χ0v) is 23.5. The van der Waals surface area contributed by atoms with Crippen LogP contribution in [-0.4, -0.2) is 68.9 Å². The van der Waals surface area contributed by atoms with Gasteiger partial charge in [-0.3, -0.25) is 4.67 Å². The highest BCUT2D eigenvalue weighted by Crippen LogP contribution is 2.38. The number of nitrogens with one attached hydrogen (secondary N) is 2. The summed E-state index contributed by atoms with van der Waals surface area (Å²) in [7, 11) is 5.06. The van der Waals surface area contributed by atoms with Crippen molar-refractivity contribution < 1.29 is 0 Å². The molecule has 0 spiro atoms. The first-order chi connectivity index (χ1) is 17.1. The second-order valence-electron chi connectivity index (χ2n) is 9.05. The molecule has 0 bridgehead atoms. The molecule has 2 N–H and O–H groups in total. The lowest BCUT2D eigenvalue weighted by Crippen LogP contribution is -2.26. The molecule has 1 aromatic rings. The summed E-state index contributed by atoms with van der Waals surface area (Å²) >= 11 is 0. The van der Waals surface area contributed by atoms with Crippen LogP contribution >= 0.6 is 9.39 Å². The molecule has 35 heavy (non-hydrogen) atoms. The fourth-order valence-corrected chi connectivity index (χ4v) is 6.00. The number of hydrogen-bond acceptors (Lipinski definition) is 6. The van der Waals surface area contributed by atoms with Crippen LogP contribution in [0.4, 0.5) is 5.69 Å². The van der Waals surface area contributed by atoms with Gasteiger partial charge in [-0.1, -0.05) is 22.4 Å². The highest BCUT2D eigenvalue weighted by Gasteiger charge is 2.37. The highest BCUT2D eigenvalue weighted by molar-refractivity contribution is 7.13. The highest BCUT2D eigenvalue weighted by atomic mass is 31.0. The first-order valence-electron chi connectivity index (χ1n) is 12.8. The molecule has 3 atom stereocenters. The van der Waals surface area contributed by atoms with Gasteiger partial charge in [0.15, 0.2) is 0 Å². The molecule has 2 saturated heterocycles. The normalized spacial score (nSPS) is 21.2. The molecule has 6 nitrogen and oxygen atoms in total. The van der Waals surface area contributed by atoms with E-state index < -0.39 is 0 Å². The number of aryl methyl sites for hydroxylation is 2. The zero-order valence-electron chi connectivity index (χ0n) is 22.3. The second-order valence-corrected chi connectivity index (χ2v) is 9.71. The van der Waals surface area contributed by atoms with E-state index in [-0.39, 0.29) is 0 Å². The Morgan fingerprint density at radius 3 is 2.03 bits per heavy atom. The van der Waals surface area contributed by atoms with Crippen LogP contribution in [0.3, 0.4) is 0 Å². The van der Waals surface area contributed by atoms with Crippen LogP contribution in [0.1, 0.15) is 48.4 Å². The van der Waals surface area contributed by atoms with E-state index in [0.29, 0.717) is 0 Å². The van der Waals surface area contributed by atoms with Gasteiger partial charge >= 0.3 is 0 Å². The molecule has 0 aromatic heterocycles. The van der Waals surface area contributed by atoms with E-state index in [1.165, 1.54) is 70.3 Å². The summed E-state index contributed by atoms with van der Waals surface area (Å²) in [6.07, 6.45) is 9.21. The Kier molecular flexibility index (Phi) is 15.6. The van der Waals surface area contributed by atoms with Gasteiger partial charge in [-0.25, -0.2) is 0 Å². The fourth-order valence-electron chi connectivity index (χ4n) is 5.51. The Hall–Kier alpha value is -1.85. The quantitative estimate of drug-likeness (QED) is 0.150. The van der Waals surface area contributed by atoms with Crippen LogP contribution in [0, 0.1) is 5.92 Å². The van der Waals surface area contributed by atoms with Gasteiger partial charge in [-0.05, 0) is 86.7 Å². The smallest absolute Gasteiger partial charge is 0.0653 e. The Morgan fingerprint density at radius 2 is 1.54 bits per heavy atom. The van der Waals surface area contributed by atoms with Gasteiger partial charge in [-0.15, -0.1) is 26.3 Å². The van der Waals surface area contributed by atoms with Crippen LogP contribution in [0.15, 0.2) is 42.6 Å². The Labute approximate surface area is 217 Å². The molecule has 2 fully saturated rings. The van der Waals surface area contributed by atoms with Crippen LogP contribution in [0.2, 0.25) is 0 Å². The van der Waals surface area contributed by atoms with E-state index in [0.717, 1.165) is 25.2 Å². The first-order valence-corrected chi connectivity index (χ1v) is 13.3. The van der Waals surface area contributed by atoms with Gasteiger partial charge in [0.1, 0.15) is 0 Å². The van der Waals surface area contributed by atoms with Crippen molar-refractivity contribution in [1.29, 1.82) is 0 Å². The Balaban J connectivity index is 0.000000289.